The van der Waals surface area contributed by atoms with Crippen LogP contribution in [-0.4, -0.2) is 46.7 Å². The maximum Gasteiger partial charge on any atom is 0.227 e. The summed E-state index contributed by atoms with van der Waals surface area (Å²) >= 11 is 1.44. The molecule has 1 aliphatic heterocycles. The Hall–Kier alpha value is -1.83. The number of aryl methyl sites for hydroxylation is 1. The molecule has 0 atom stereocenters. The van der Waals surface area contributed by atoms with Crippen molar-refractivity contribution in [3.05, 3.63) is 40.9 Å². The van der Waals surface area contributed by atoms with Gasteiger partial charge in [0.1, 0.15) is 5.01 Å². The Morgan fingerprint density at radius 2 is 2.04 bits per heavy atom. The Labute approximate surface area is 158 Å². The Morgan fingerprint density at radius 1 is 1.27 bits per heavy atom. The van der Waals surface area contributed by atoms with E-state index in [1.165, 1.54) is 16.9 Å². The van der Waals surface area contributed by atoms with E-state index < -0.39 is 0 Å². The molecule has 1 saturated heterocycles. The van der Waals surface area contributed by atoms with E-state index in [-0.39, 0.29) is 5.91 Å². The zero-order chi connectivity index (χ0) is 18.2. The molecule has 1 aromatic heterocycles. The van der Waals surface area contributed by atoms with Crippen LogP contribution in [0.1, 0.15) is 36.8 Å². The Balaban J connectivity index is 1.31. The van der Waals surface area contributed by atoms with Gasteiger partial charge in [-0.15, -0.1) is 10.2 Å². The molecule has 1 aliphatic rings. The average Bonchev–Trinajstić information content (AvgIpc) is 3.14. The lowest BCUT2D eigenvalue weighted by molar-refractivity contribution is -0.116. The summed E-state index contributed by atoms with van der Waals surface area (Å²) in [6, 6.07) is 10.3. The van der Waals surface area contributed by atoms with E-state index in [0.717, 1.165) is 43.9 Å². The van der Waals surface area contributed by atoms with Gasteiger partial charge < -0.3 is 15.0 Å². The van der Waals surface area contributed by atoms with Gasteiger partial charge >= 0.3 is 0 Å². The monoisotopic (exact) mass is 374 g/mol. The lowest BCUT2D eigenvalue weighted by Gasteiger charge is -2.31. The summed E-state index contributed by atoms with van der Waals surface area (Å²) in [4.78, 5) is 14.4. The van der Waals surface area contributed by atoms with Crippen molar-refractivity contribution in [2.75, 3.05) is 25.0 Å². The molecule has 1 aromatic carbocycles. The van der Waals surface area contributed by atoms with Gasteiger partial charge in [-0.25, -0.2) is 0 Å². The van der Waals surface area contributed by atoms with E-state index in [1.807, 2.05) is 25.1 Å². The van der Waals surface area contributed by atoms with Crippen LogP contribution in [0.2, 0.25) is 0 Å². The van der Waals surface area contributed by atoms with Crippen LogP contribution in [0.4, 0.5) is 5.13 Å². The highest BCUT2D eigenvalue weighted by atomic mass is 32.1. The van der Waals surface area contributed by atoms with Gasteiger partial charge in [0, 0.05) is 26.1 Å². The van der Waals surface area contributed by atoms with Gasteiger partial charge in [0.25, 0.3) is 0 Å². The molecule has 0 bridgehead atoms. The molecule has 3 rings (SSSR count). The van der Waals surface area contributed by atoms with E-state index in [9.17, 15) is 4.79 Å². The zero-order valence-electron chi connectivity index (χ0n) is 15.2. The summed E-state index contributed by atoms with van der Waals surface area (Å²) in [5.41, 5.74) is 1.22. The first-order valence-electron chi connectivity index (χ1n) is 9.23. The molecule has 0 aliphatic carbocycles. The predicted molar refractivity (Wildman–Crippen MR) is 103 cm³/mol. The SMILES string of the molecule is CCc1nnc(NC(=O)CCN2CCC(OCc3ccccc3)CC2)s1. The second-order valence-electron chi connectivity index (χ2n) is 6.49. The number of benzene rings is 1. The summed E-state index contributed by atoms with van der Waals surface area (Å²) in [5.74, 6) is 0.00579. The van der Waals surface area contributed by atoms with Gasteiger partial charge in [0.05, 0.1) is 12.7 Å². The van der Waals surface area contributed by atoms with E-state index in [1.54, 1.807) is 0 Å². The summed E-state index contributed by atoms with van der Waals surface area (Å²) in [5, 5.41) is 12.4. The van der Waals surface area contributed by atoms with E-state index in [2.05, 4.69) is 32.5 Å². The van der Waals surface area contributed by atoms with Crippen molar-refractivity contribution >= 4 is 22.4 Å². The van der Waals surface area contributed by atoms with Crippen LogP contribution in [-0.2, 0) is 22.6 Å². The fourth-order valence-corrected chi connectivity index (χ4v) is 3.67. The third kappa shape index (κ3) is 5.86. The van der Waals surface area contributed by atoms with E-state index in [4.69, 9.17) is 4.74 Å². The van der Waals surface area contributed by atoms with Crippen LogP contribution < -0.4 is 5.32 Å². The van der Waals surface area contributed by atoms with Crippen LogP contribution in [0.15, 0.2) is 30.3 Å². The smallest absolute Gasteiger partial charge is 0.227 e. The molecule has 1 amide bonds. The molecule has 0 spiro atoms. The van der Waals surface area contributed by atoms with Crippen LogP contribution in [0.5, 0.6) is 0 Å². The molecular weight excluding hydrogens is 348 g/mol. The zero-order valence-corrected chi connectivity index (χ0v) is 16.0. The second kappa shape index (κ2) is 9.75. The van der Waals surface area contributed by atoms with Gasteiger partial charge in [-0.1, -0.05) is 48.6 Å². The van der Waals surface area contributed by atoms with Gasteiger partial charge in [-0.2, -0.15) is 0 Å². The molecule has 140 valence electrons. The van der Waals surface area contributed by atoms with E-state index >= 15 is 0 Å². The molecular formula is C19H26N4O2S. The molecule has 2 aromatic rings. The predicted octanol–water partition coefficient (Wildman–Crippen LogP) is 3.11. The van der Waals surface area contributed by atoms with E-state index in [0.29, 0.717) is 24.3 Å². The number of hydrogen-bond acceptors (Lipinski definition) is 6. The maximum absolute atomic E-state index is 12.1. The highest BCUT2D eigenvalue weighted by molar-refractivity contribution is 7.15. The Morgan fingerprint density at radius 3 is 2.73 bits per heavy atom. The molecule has 1 fully saturated rings. The largest absolute Gasteiger partial charge is 0.373 e. The molecule has 6 nitrogen and oxygen atoms in total. The fourth-order valence-electron chi connectivity index (χ4n) is 2.98. The highest BCUT2D eigenvalue weighted by Crippen LogP contribution is 2.17. The lowest BCUT2D eigenvalue weighted by Crippen LogP contribution is -2.38. The second-order valence-corrected chi connectivity index (χ2v) is 7.55. The van der Waals surface area contributed by atoms with Crippen LogP contribution in [0.25, 0.3) is 0 Å². The fraction of sp³-hybridized carbons (Fsp3) is 0.526. The topological polar surface area (TPSA) is 67.4 Å². The van der Waals surface area contributed by atoms with Gasteiger partial charge in [0.15, 0.2) is 0 Å². The normalized spacial score (nSPS) is 15.9. The van der Waals surface area contributed by atoms with Crippen molar-refractivity contribution in [3.8, 4) is 0 Å². The van der Waals surface area contributed by atoms with Crippen molar-refractivity contribution in [1.82, 2.24) is 15.1 Å². The quantitative estimate of drug-likeness (QED) is 0.769. The number of amides is 1. The van der Waals surface area contributed by atoms with Gasteiger partial charge in [0.2, 0.25) is 11.0 Å². The highest BCUT2D eigenvalue weighted by Gasteiger charge is 2.20. The summed E-state index contributed by atoms with van der Waals surface area (Å²) in [6.07, 6.45) is 3.68. The Kier molecular flexibility index (Phi) is 7.11. The summed E-state index contributed by atoms with van der Waals surface area (Å²) in [7, 11) is 0. The third-order valence-corrected chi connectivity index (χ3v) is 5.52. The molecule has 0 unspecified atom stereocenters. The number of nitrogens with one attached hydrogen (secondary N) is 1. The third-order valence-electron chi connectivity index (χ3n) is 4.53. The van der Waals surface area contributed by atoms with Crippen molar-refractivity contribution in [2.24, 2.45) is 0 Å². The minimum atomic E-state index is 0.00579. The summed E-state index contributed by atoms with van der Waals surface area (Å²) < 4.78 is 6.02. The number of ether oxygens (including phenoxy) is 1. The lowest BCUT2D eigenvalue weighted by atomic mass is 10.1. The first-order valence-corrected chi connectivity index (χ1v) is 10.0. The molecule has 7 heteroatoms. The number of piperidine rings is 1. The minimum Gasteiger partial charge on any atom is -0.373 e. The summed E-state index contributed by atoms with van der Waals surface area (Å²) in [6.45, 7) is 5.43. The minimum absolute atomic E-state index is 0.00579. The van der Waals surface area contributed by atoms with Crippen LogP contribution in [0, 0.1) is 0 Å². The number of anilines is 1. The first kappa shape index (κ1) is 18.9. The van der Waals surface area contributed by atoms with Crippen LogP contribution >= 0.6 is 11.3 Å². The van der Waals surface area contributed by atoms with Crippen LogP contribution in [0.3, 0.4) is 0 Å². The number of likely N-dealkylation sites (tertiary alicyclic amines) is 1. The number of rotatable bonds is 8. The molecule has 1 N–H and O–H groups in total. The van der Waals surface area contributed by atoms with Crippen molar-refractivity contribution in [1.29, 1.82) is 0 Å². The van der Waals surface area contributed by atoms with Gasteiger partial charge in [-0.3, -0.25) is 4.79 Å². The van der Waals surface area contributed by atoms with Crippen molar-refractivity contribution in [2.45, 2.75) is 45.3 Å². The number of carbonyl (C=O) groups excluding carboxylic acids is 1. The number of nitrogens with zero attached hydrogens (tertiary/aromatic N) is 3. The Bertz CT molecular complexity index is 684. The standard InChI is InChI=1S/C19H26N4O2S/c1-2-18-21-22-19(26-18)20-17(24)10-13-23-11-8-16(9-12-23)25-14-15-6-4-3-5-7-15/h3-7,16H,2,8-14H2,1H3,(H,20,22,24). The first-order chi connectivity index (χ1) is 12.7. The van der Waals surface area contributed by atoms with Gasteiger partial charge in [-0.05, 0) is 24.8 Å². The maximum atomic E-state index is 12.1. The number of hydrogen-bond donors (Lipinski definition) is 1. The molecule has 2 heterocycles. The number of carbonyl (C=O) groups is 1. The number of aromatic nitrogens is 2. The van der Waals surface area contributed by atoms with Crippen molar-refractivity contribution in [3.63, 3.8) is 0 Å². The molecule has 26 heavy (non-hydrogen) atoms. The molecule has 0 radical (unpaired) electrons. The average molecular weight is 375 g/mol. The molecule has 0 saturated carbocycles. The van der Waals surface area contributed by atoms with Crippen molar-refractivity contribution < 1.29 is 9.53 Å².